The Kier molecular flexibility index (Phi) is 9.77. The van der Waals surface area contributed by atoms with Gasteiger partial charge in [0.1, 0.15) is 0 Å². The number of rotatable bonds is 10. The van der Waals surface area contributed by atoms with Gasteiger partial charge in [-0.3, -0.25) is 0 Å². The highest BCUT2D eigenvalue weighted by molar-refractivity contribution is 5.58. The Morgan fingerprint density at radius 2 is 1.44 bits per heavy atom. The Morgan fingerprint density at radius 3 is 2.00 bits per heavy atom. The summed E-state index contributed by atoms with van der Waals surface area (Å²) < 4.78 is 10.8. The van der Waals surface area contributed by atoms with Crippen LogP contribution in [0.3, 0.4) is 0 Å². The van der Waals surface area contributed by atoms with Crippen molar-refractivity contribution in [2.45, 2.75) is 66.7 Å². The van der Waals surface area contributed by atoms with Gasteiger partial charge in [0.2, 0.25) is 5.75 Å². The molecule has 0 spiro atoms. The van der Waals surface area contributed by atoms with Gasteiger partial charge in [-0.2, -0.15) is 0 Å². The molecule has 0 aliphatic carbocycles. The molecule has 0 saturated heterocycles. The molecule has 3 heteroatoms. The average Bonchev–Trinajstić information content (AvgIpc) is 2.59. The topological polar surface area (TPSA) is 38.7 Å². The number of hydrogen-bond acceptors (Lipinski definition) is 3. The number of aryl methyl sites for hydroxylation is 1. The maximum Gasteiger partial charge on any atom is 0.203 e. The van der Waals surface area contributed by atoms with E-state index in [1.807, 2.05) is 6.92 Å². The number of ether oxygens (including phenoxy) is 2. The molecule has 27 heavy (non-hydrogen) atoms. The smallest absolute Gasteiger partial charge is 0.203 e. The molecular weight excluding hydrogens is 336 g/mol. The van der Waals surface area contributed by atoms with Crippen molar-refractivity contribution in [1.82, 2.24) is 0 Å². The van der Waals surface area contributed by atoms with E-state index in [1.54, 1.807) is 20.3 Å². The van der Waals surface area contributed by atoms with Crippen LogP contribution in [0.4, 0.5) is 0 Å². The Balaban J connectivity index is 2.71. The van der Waals surface area contributed by atoms with Gasteiger partial charge < -0.3 is 14.6 Å². The third-order valence-electron chi connectivity index (χ3n) is 4.73. The molecule has 0 atom stereocenters. The van der Waals surface area contributed by atoms with Crippen LogP contribution in [-0.2, 0) is 6.42 Å². The van der Waals surface area contributed by atoms with E-state index in [-0.39, 0.29) is 5.75 Å². The summed E-state index contributed by atoms with van der Waals surface area (Å²) in [5.41, 5.74) is 6.26. The monoisotopic (exact) mass is 372 g/mol. The van der Waals surface area contributed by atoms with E-state index < -0.39 is 0 Å². The lowest BCUT2D eigenvalue weighted by Gasteiger charge is -2.16. The van der Waals surface area contributed by atoms with Crippen LogP contribution in [0.15, 0.2) is 41.0 Å². The second-order valence-electron chi connectivity index (χ2n) is 7.42. The Hall–Kier alpha value is -2.16. The standard InChI is InChI=1S/C24H36O3/c1-17(2)10-8-11-18(3)12-9-13-19(4)14-15-21-20(5)16-22(25)24(27-7)23(21)26-6/h10,12,14,16,25H,8-9,11,13,15H2,1-7H3/b18-12+,19-14+. The lowest BCUT2D eigenvalue weighted by molar-refractivity contribution is 0.330. The van der Waals surface area contributed by atoms with Crippen molar-refractivity contribution in [3.63, 3.8) is 0 Å². The lowest BCUT2D eigenvalue weighted by Crippen LogP contribution is -1.99. The SMILES string of the molecule is COc1c(O)cc(C)c(C/C=C(\C)CC/C=C(\C)CCC=C(C)C)c1OC. The molecule has 1 rings (SSSR count). The normalized spacial score (nSPS) is 12.1. The van der Waals surface area contributed by atoms with Gasteiger partial charge in [-0.15, -0.1) is 0 Å². The Bertz CT molecular complexity index is 705. The number of benzene rings is 1. The number of hydrogen-bond donors (Lipinski definition) is 1. The van der Waals surface area contributed by atoms with Gasteiger partial charge in [-0.05, 0) is 78.4 Å². The van der Waals surface area contributed by atoms with Crippen LogP contribution in [0, 0.1) is 6.92 Å². The number of allylic oxidation sites excluding steroid dienone is 6. The van der Waals surface area contributed by atoms with Crippen LogP contribution >= 0.6 is 0 Å². The molecule has 0 aliphatic heterocycles. The molecule has 0 unspecified atom stereocenters. The van der Waals surface area contributed by atoms with Crippen LogP contribution in [-0.4, -0.2) is 19.3 Å². The maximum atomic E-state index is 10.0. The highest BCUT2D eigenvalue weighted by atomic mass is 16.5. The number of phenolic OH excluding ortho intramolecular Hbond substituents is 1. The van der Waals surface area contributed by atoms with Gasteiger partial charge in [0.15, 0.2) is 11.5 Å². The molecule has 1 N–H and O–H groups in total. The minimum Gasteiger partial charge on any atom is -0.504 e. The molecular formula is C24H36O3. The first-order valence-corrected chi connectivity index (χ1v) is 9.68. The van der Waals surface area contributed by atoms with E-state index in [9.17, 15) is 5.11 Å². The van der Waals surface area contributed by atoms with E-state index >= 15 is 0 Å². The molecule has 0 fully saturated rings. The van der Waals surface area contributed by atoms with E-state index in [2.05, 4.69) is 45.9 Å². The highest BCUT2D eigenvalue weighted by Crippen LogP contribution is 2.41. The minimum absolute atomic E-state index is 0.116. The summed E-state index contributed by atoms with van der Waals surface area (Å²) in [5.74, 6) is 1.14. The molecule has 0 radical (unpaired) electrons. The second kappa shape index (κ2) is 11.5. The molecule has 0 heterocycles. The van der Waals surface area contributed by atoms with Crippen molar-refractivity contribution in [3.8, 4) is 17.2 Å². The summed E-state index contributed by atoms with van der Waals surface area (Å²) >= 11 is 0. The van der Waals surface area contributed by atoms with Gasteiger partial charge in [-0.25, -0.2) is 0 Å². The van der Waals surface area contributed by atoms with E-state index in [4.69, 9.17) is 9.47 Å². The van der Waals surface area contributed by atoms with Gasteiger partial charge in [0, 0.05) is 5.56 Å². The van der Waals surface area contributed by atoms with Crippen molar-refractivity contribution in [3.05, 3.63) is 52.1 Å². The Morgan fingerprint density at radius 1 is 0.889 bits per heavy atom. The first-order chi connectivity index (χ1) is 12.8. The number of phenols is 1. The predicted molar refractivity (Wildman–Crippen MR) is 115 cm³/mol. The van der Waals surface area contributed by atoms with Gasteiger partial charge in [0.25, 0.3) is 0 Å². The molecule has 0 aliphatic rings. The molecule has 1 aromatic rings. The number of methoxy groups -OCH3 is 2. The summed E-state index contributed by atoms with van der Waals surface area (Å²) in [6, 6.07) is 1.73. The predicted octanol–water partition coefficient (Wildman–Crippen LogP) is 6.68. The summed E-state index contributed by atoms with van der Waals surface area (Å²) in [6.45, 7) is 10.7. The van der Waals surface area contributed by atoms with Crippen LogP contribution in [0.25, 0.3) is 0 Å². The van der Waals surface area contributed by atoms with E-state index in [0.717, 1.165) is 43.2 Å². The minimum atomic E-state index is 0.116. The van der Waals surface area contributed by atoms with E-state index in [0.29, 0.717) is 11.5 Å². The van der Waals surface area contributed by atoms with Crippen molar-refractivity contribution in [1.29, 1.82) is 0 Å². The molecule has 0 aromatic heterocycles. The van der Waals surface area contributed by atoms with Gasteiger partial charge >= 0.3 is 0 Å². The summed E-state index contributed by atoms with van der Waals surface area (Å²) in [7, 11) is 3.16. The van der Waals surface area contributed by atoms with Gasteiger partial charge in [0.05, 0.1) is 14.2 Å². The van der Waals surface area contributed by atoms with Crippen molar-refractivity contribution in [2.75, 3.05) is 14.2 Å². The third-order valence-corrected chi connectivity index (χ3v) is 4.73. The van der Waals surface area contributed by atoms with Crippen LogP contribution in [0.1, 0.15) is 64.5 Å². The molecule has 3 nitrogen and oxygen atoms in total. The summed E-state index contributed by atoms with van der Waals surface area (Å²) in [4.78, 5) is 0. The third kappa shape index (κ3) is 7.54. The Labute approximate surface area is 165 Å². The summed E-state index contributed by atoms with van der Waals surface area (Å²) in [6.07, 6.45) is 12.0. The van der Waals surface area contributed by atoms with Crippen molar-refractivity contribution in [2.24, 2.45) is 0 Å². The fourth-order valence-electron chi connectivity index (χ4n) is 3.07. The maximum absolute atomic E-state index is 10.0. The van der Waals surface area contributed by atoms with Crippen LogP contribution in [0.2, 0.25) is 0 Å². The molecule has 0 amide bonds. The fourth-order valence-corrected chi connectivity index (χ4v) is 3.07. The van der Waals surface area contributed by atoms with Crippen LogP contribution in [0.5, 0.6) is 17.2 Å². The summed E-state index contributed by atoms with van der Waals surface area (Å²) in [5, 5.41) is 10.0. The quantitative estimate of drug-likeness (QED) is 0.466. The fraction of sp³-hybridized carbons (Fsp3) is 0.500. The van der Waals surface area contributed by atoms with E-state index in [1.165, 1.54) is 16.7 Å². The van der Waals surface area contributed by atoms with Gasteiger partial charge in [-0.1, -0.05) is 34.9 Å². The lowest BCUT2D eigenvalue weighted by atomic mass is 10.00. The highest BCUT2D eigenvalue weighted by Gasteiger charge is 2.16. The molecule has 150 valence electrons. The van der Waals surface area contributed by atoms with Crippen molar-refractivity contribution >= 4 is 0 Å². The molecule has 1 aromatic carbocycles. The first-order valence-electron chi connectivity index (χ1n) is 9.68. The number of aromatic hydroxyl groups is 1. The zero-order valence-electron chi connectivity index (χ0n) is 18.1. The molecule has 0 bridgehead atoms. The van der Waals surface area contributed by atoms with Crippen LogP contribution < -0.4 is 9.47 Å². The zero-order chi connectivity index (χ0) is 20.4. The second-order valence-corrected chi connectivity index (χ2v) is 7.42. The zero-order valence-corrected chi connectivity index (χ0v) is 18.1. The molecule has 0 saturated carbocycles. The van der Waals surface area contributed by atoms with Crippen molar-refractivity contribution < 1.29 is 14.6 Å². The average molecular weight is 373 g/mol. The first kappa shape index (κ1) is 22.9. The largest absolute Gasteiger partial charge is 0.504 e.